The lowest BCUT2D eigenvalue weighted by atomic mass is 10.1. The molecule has 1 rings (SSSR count). The van der Waals surface area contributed by atoms with Gasteiger partial charge in [0.2, 0.25) is 0 Å². The molecule has 0 aliphatic carbocycles. The molecule has 0 bridgehead atoms. The van der Waals surface area contributed by atoms with Gasteiger partial charge in [0.1, 0.15) is 0 Å². The van der Waals surface area contributed by atoms with E-state index < -0.39 is 16.5 Å². The predicted molar refractivity (Wildman–Crippen MR) is 51.2 cm³/mol. The molecule has 1 aliphatic heterocycles. The number of rotatable bonds is 4. The quantitative estimate of drug-likeness (QED) is 0.368. The Morgan fingerprint density at radius 1 is 1.67 bits per heavy atom. The number of nitrogens with two attached hydrogens (primary N) is 1. The van der Waals surface area contributed by atoms with Crippen molar-refractivity contribution in [1.29, 1.82) is 0 Å². The SMILES string of the molecule is NC(=O)/C(=C\NC1CCCOC1)[N+](=O)[O-]. The van der Waals surface area contributed by atoms with Crippen LogP contribution in [0.4, 0.5) is 0 Å². The molecule has 7 nitrogen and oxygen atoms in total. The summed E-state index contributed by atoms with van der Waals surface area (Å²) < 4.78 is 5.16. The molecule has 0 radical (unpaired) electrons. The van der Waals surface area contributed by atoms with Crippen molar-refractivity contribution in [3.8, 4) is 0 Å². The van der Waals surface area contributed by atoms with Gasteiger partial charge in [-0.3, -0.25) is 14.9 Å². The predicted octanol–water partition coefficient (Wildman–Crippen LogP) is -0.642. The third-order valence-corrected chi connectivity index (χ3v) is 2.07. The van der Waals surface area contributed by atoms with Gasteiger partial charge in [-0.05, 0) is 12.8 Å². The lowest BCUT2D eigenvalue weighted by Gasteiger charge is -2.21. The van der Waals surface area contributed by atoms with E-state index in [-0.39, 0.29) is 6.04 Å². The Hall–Kier alpha value is -1.63. The summed E-state index contributed by atoms with van der Waals surface area (Å²) >= 11 is 0. The number of primary amides is 1. The normalized spacial score (nSPS) is 22.1. The van der Waals surface area contributed by atoms with Crippen molar-refractivity contribution >= 4 is 5.91 Å². The first-order valence-electron chi connectivity index (χ1n) is 4.59. The molecule has 0 aromatic rings. The Balaban J connectivity index is 2.52. The molecular weight excluding hydrogens is 202 g/mol. The van der Waals surface area contributed by atoms with Gasteiger partial charge in [0.25, 0.3) is 0 Å². The monoisotopic (exact) mass is 215 g/mol. The topological polar surface area (TPSA) is 107 Å². The van der Waals surface area contributed by atoms with Crippen molar-refractivity contribution in [1.82, 2.24) is 5.32 Å². The lowest BCUT2D eigenvalue weighted by molar-refractivity contribution is -0.419. The molecule has 15 heavy (non-hydrogen) atoms. The van der Waals surface area contributed by atoms with E-state index in [1.807, 2.05) is 0 Å². The van der Waals surface area contributed by atoms with Crippen LogP contribution in [0.5, 0.6) is 0 Å². The average molecular weight is 215 g/mol. The fourth-order valence-electron chi connectivity index (χ4n) is 1.28. The van der Waals surface area contributed by atoms with E-state index in [1.54, 1.807) is 0 Å². The number of nitro groups is 1. The number of nitrogens with zero attached hydrogens (tertiary/aromatic N) is 1. The molecule has 3 N–H and O–H groups in total. The fourth-order valence-corrected chi connectivity index (χ4v) is 1.28. The van der Waals surface area contributed by atoms with Crippen LogP contribution in [0.25, 0.3) is 0 Å². The second kappa shape index (κ2) is 5.30. The zero-order chi connectivity index (χ0) is 11.3. The largest absolute Gasteiger partial charge is 0.380 e. The van der Waals surface area contributed by atoms with E-state index in [1.165, 1.54) is 0 Å². The van der Waals surface area contributed by atoms with E-state index in [0.717, 1.165) is 19.0 Å². The van der Waals surface area contributed by atoms with Crippen LogP contribution in [0.3, 0.4) is 0 Å². The van der Waals surface area contributed by atoms with Gasteiger partial charge in [-0.1, -0.05) is 0 Å². The number of nitrogens with one attached hydrogen (secondary N) is 1. The van der Waals surface area contributed by atoms with Crippen LogP contribution < -0.4 is 11.1 Å². The third kappa shape index (κ3) is 3.55. The first-order valence-corrected chi connectivity index (χ1v) is 4.59. The maximum Gasteiger partial charge on any atom is 0.348 e. The van der Waals surface area contributed by atoms with Crippen LogP contribution >= 0.6 is 0 Å². The maximum absolute atomic E-state index is 10.7. The molecule has 1 unspecified atom stereocenters. The van der Waals surface area contributed by atoms with Crippen molar-refractivity contribution < 1.29 is 14.5 Å². The maximum atomic E-state index is 10.7. The molecule has 1 saturated heterocycles. The minimum Gasteiger partial charge on any atom is -0.380 e. The molecule has 7 heteroatoms. The highest BCUT2D eigenvalue weighted by atomic mass is 16.6. The van der Waals surface area contributed by atoms with Gasteiger partial charge in [-0.2, -0.15) is 0 Å². The fraction of sp³-hybridized carbons (Fsp3) is 0.625. The molecule has 1 heterocycles. The van der Waals surface area contributed by atoms with E-state index in [0.29, 0.717) is 13.2 Å². The van der Waals surface area contributed by atoms with Crippen LogP contribution in [-0.2, 0) is 9.53 Å². The number of carbonyl (C=O) groups is 1. The Morgan fingerprint density at radius 3 is 2.87 bits per heavy atom. The molecule has 0 spiro atoms. The Labute approximate surface area is 86.4 Å². The van der Waals surface area contributed by atoms with E-state index in [4.69, 9.17) is 10.5 Å². The van der Waals surface area contributed by atoms with Gasteiger partial charge < -0.3 is 15.8 Å². The molecule has 1 fully saturated rings. The van der Waals surface area contributed by atoms with Crippen LogP contribution in [0.15, 0.2) is 11.9 Å². The highest BCUT2D eigenvalue weighted by Crippen LogP contribution is 2.06. The molecule has 0 aromatic carbocycles. The van der Waals surface area contributed by atoms with Crippen molar-refractivity contribution in [2.24, 2.45) is 5.73 Å². The second-order valence-corrected chi connectivity index (χ2v) is 3.23. The number of carbonyl (C=O) groups excluding carboxylic acids is 1. The first kappa shape index (κ1) is 11.4. The van der Waals surface area contributed by atoms with Gasteiger partial charge in [0.05, 0.1) is 17.7 Å². The van der Waals surface area contributed by atoms with Gasteiger partial charge in [0, 0.05) is 12.6 Å². The number of hydrogen-bond donors (Lipinski definition) is 2. The summed E-state index contributed by atoms with van der Waals surface area (Å²) in [7, 11) is 0. The Morgan fingerprint density at radius 2 is 2.40 bits per heavy atom. The summed E-state index contributed by atoms with van der Waals surface area (Å²) in [5.41, 5.74) is 4.19. The van der Waals surface area contributed by atoms with E-state index >= 15 is 0 Å². The minimum absolute atomic E-state index is 0.00745. The molecule has 1 atom stereocenters. The summed E-state index contributed by atoms with van der Waals surface area (Å²) in [6.07, 6.45) is 2.80. The number of hydrogen-bond acceptors (Lipinski definition) is 5. The highest BCUT2D eigenvalue weighted by molar-refractivity contribution is 5.89. The van der Waals surface area contributed by atoms with Crippen LogP contribution in [0.1, 0.15) is 12.8 Å². The standard InChI is InChI=1S/C8H13N3O4/c9-8(12)7(11(13)14)4-10-6-2-1-3-15-5-6/h4,6,10H,1-3,5H2,(H2,9,12)/b7-4+. The van der Waals surface area contributed by atoms with Gasteiger partial charge >= 0.3 is 11.6 Å². The van der Waals surface area contributed by atoms with E-state index in [9.17, 15) is 14.9 Å². The minimum atomic E-state index is -1.05. The molecule has 1 aliphatic rings. The zero-order valence-corrected chi connectivity index (χ0v) is 8.14. The van der Waals surface area contributed by atoms with Crippen LogP contribution in [0.2, 0.25) is 0 Å². The molecule has 84 valence electrons. The average Bonchev–Trinajstić information content (AvgIpc) is 2.18. The molecule has 0 aromatic heterocycles. The molecular formula is C8H13N3O4. The number of ether oxygens (including phenoxy) is 1. The third-order valence-electron chi connectivity index (χ3n) is 2.07. The van der Waals surface area contributed by atoms with Gasteiger partial charge in [0.15, 0.2) is 0 Å². The van der Waals surface area contributed by atoms with Gasteiger partial charge in [-0.15, -0.1) is 0 Å². The van der Waals surface area contributed by atoms with E-state index in [2.05, 4.69) is 5.32 Å². The molecule has 1 amide bonds. The molecule has 0 saturated carbocycles. The summed E-state index contributed by atoms with van der Waals surface area (Å²) in [6, 6.07) is 0.00745. The Kier molecular flexibility index (Phi) is 4.04. The van der Waals surface area contributed by atoms with Crippen molar-refractivity contribution in [3.05, 3.63) is 22.0 Å². The van der Waals surface area contributed by atoms with Crippen LogP contribution in [0, 0.1) is 10.1 Å². The van der Waals surface area contributed by atoms with Crippen molar-refractivity contribution in [3.63, 3.8) is 0 Å². The zero-order valence-electron chi connectivity index (χ0n) is 8.14. The summed E-state index contributed by atoms with van der Waals surface area (Å²) in [4.78, 5) is 20.2. The summed E-state index contributed by atoms with van der Waals surface area (Å²) in [6.45, 7) is 1.19. The summed E-state index contributed by atoms with van der Waals surface area (Å²) in [5.74, 6) is -1.05. The Bertz CT molecular complexity index is 268. The summed E-state index contributed by atoms with van der Waals surface area (Å²) in [5, 5.41) is 13.1. The van der Waals surface area contributed by atoms with Crippen molar-refractivity contribution in [2.45, 2.75) is 18.9 Å². The second-order valence-electron chi connectivity index (χ2n) is 3.23. The van der Waals surface area contributed by atoms with Gasteiger partial charge in [-0.25, -0.2) is 0 Å². The number of amides is 1. The lowest BCUT2D eigenvalue weighted by Crippen LogP contribution is -2.35. The first-order chi connectivity index (χ1) is 7.11. The van der Waals surface area contributed by atoms with Crippen LogP contribution in [-0.4, -0.2) is 30.1 Å². The van der Waals surface area contributed by atoms with Crippen molar-refractivity contribution in [2.75, 3.05) is 13.2 Å². The highest BCUT2D eigenvalue weighted by Gasteiger charge is 2.19. The smallest absolute Gasteiger partial charge is 0.348 e.